The fraction of sp³-hybridized carbons (Fsp3) is 0.455. The van der Waals surface area contributed by atoms with E-state index in [1.54, 1.807) is 6.92 Å². The van der Waals surface area contributed by atoms with Gasteiger partial charge in [0.15, 0.2) is 19.7 Å². The van der Waals surface area contributed by atoms with Gasteiger partial charge in [0, 0.05) is 5.75 Å². The normalized spacial score (nSPS) is 12.5. The molecule has 0 fully saturated rings. The Labute approximate surface area is 118 Å². The zero-order valence-corrected chi connectivity index (χ0v) is 12.9. The summed E-state index contributed by atoms with van der Waals surface area (Å²) in [6, 6.07) is 3.94. The molecule has 108 valence electrons. The molecule has 0 unspecified atom stereocenters. The number of halogens is 1. The van der Waals surface area contributed by atoms with E-state index < -0.39 is 25.4 Å². The van der Waals surface area contributed by atoms with E-state index in [1.807, 2.05) is 0 Å². The maximum absolute atomic E-state index is 12.0. The minimum absolute atomic E-state index is 0.00891. The molecule has 0 radical (unpaired) electrons. The molecule has 2 N–H and O–H groups in total. The fourth-order valence-electron chi connectivity index (χ4n) is 1.47. The van der Waals surface area contributed by atoms with Gasteiger partial charge in [0.05, 0.1) is 27.1 Å². The number of anilines is 1. The Balaban J connectivity index is 2.90. The second kappa shape index (κ2) is 6.11. The highest BCUT2D eigenvalue weighted by Gasteiger charge is 2.20. The topological polar surface area (TPSA) is 94.3 Å². The third kappa shape index (κ3) is 4.67. The average molecular weight is 326 g/mol. The first-order valence-corrected chi connectivity index (χ1v) is 9.51. The Morgan fingerprint density at radius 2 is 1.74 bits per heavy atom. The maximum atomic E-state index is 12.0. The first-order chi connectivity index (χ1) is 8.68. The highest BCUT2D eigenvalue weighted by Crippen LogP contribution is 2.23. The van der Waals surface area contributed by atoms with Crippen molar-refractivity contribution in [3.05, 3.63) is 23.2 Å². The molecule has 1 rings (SSSR count). The molecular weight excluding hydrogens is 310 g/mol. The van der Waals surface area contributed by atoms with Crippen molar-refractivity contribution in [2.45, 2.75) is 18.2 Å². The molecule has 0 amide bonds. The van der Waals surface area contributed by atoms with Crippen molar-refractivity contribution < 1.29 is 16.8 Å². The molecule has 0 saturated carbocycles. The molecular formula is C11H16ClNO4S2. The summed E-state index contributed by atoms with van der Waals surface area (Å²) < 4.78 is 47.0. The van der Waals surface area contributed by atoms with Crippen molar-refractivity contribution in [3.63, 3.8) is 0 Å². The van der Waals surface area contributed by atoms with E-state index in [0.29, 0.717) is 6.42 Å². The number of rotatable bonds is 6. The van der Waals surface area contributed by atoms with Gasteiger partial charge >= 0.3 is 0 Å². The lowest BCUT2D eigenvalue weighted by Gasteiger charge is -2.06. The van der Waals surface area contributed by atoms with Gasteiger partial charge in [-0.05, 0) is 24.6 Å². The van der Waals surface area contributed by atoms with Crippen LogP contribution in [0.5, 0.6) is 0 Å². The van der Waals surface area contributed by atoms with E-state index in [1.165, 1.54) is 18.2 Å². The largest absolute Gasteiger partial charge is 0.398 e. The summed E-state index contributed by atoms with van der Waals surface area (Å²) in [6.07, 6.45) is 0.468. The number of sulfone groups is 2. The van der Waals surface area contributed by atoms with Crippen molar-refractivity contribution in [3.8, 4) is 0 Å². The summed E-state index contributed by atoms with van der Waals surface area (Å²) in [6.45, 7) is 1.73. The summed E-state index contributed by atoms with van der Waals surface area (Å²) >= 11 is 5.75. The molecule has 0 heterocycles. The van der Waals surface area contributed by atoms with Crippen molar-refractivity contribution >= 4 is 37.0 Å². The monoisotopic (exact) mass is 325 g/mol. The number of hydrogen-bond donors (Lipinski definition) is 1. The van der Waals surface area contributed by atoms with E-state index in [2.05, 4.69) is 0 Å². The lowest BCUT2D eigenvalue weighted by Crippen LogP contribution is -2.19. The molecule has 0 saturated heterocycles. The molecule has 5 nitrogen and oxygen atoms in total. The second-order valence-electron chi connectivity index (χ2n) is 4.15. The lowest BCUT2D eigenvalue weighted by molar-refractivity contribution is 0.587. The molecule has 1 aromatic carbocycles. The molecule has 0 spiro atoms. The van der Waals surface area contributed by atoms with Crippen molar-refractivity contribution in [2.24, 2.45) is 0 Å². The average Bonchev–Trinajstić information content (AvgIpc) is 2.30. The van der Waals surface area contributed by atoms with Gasteiger partial charge in [-0.3, -0.25) is 0 Å². The quantitative estimate of drug-likeness (QED) is 0.800. The molecule has 0 aromatic heterocycles. The SMILES string of the molecule is CCCS(=O)(=O)CCS(=O)(=O)c1ccc(N)c(Cl)c1. The Morgan fingerprint density at radius 1 is 1.11 bits per heavy atom. The van der Waals surface area contributed by atoms with Gasteiger partial charge in [-0.25, -0.2) is 16.8 Å². The van der Waals surface area contributed by atoms with E-state index >= 15 is 0 Å². The predicted molar refractivity (Wildman–Crippen MR) is 76.9 cm³/mol. The standard InChI is InChI=1S/C11H16ClNO4S2/c1-2-5-18(14,15)6-7-19(16,17)9-3-4-11(13)10(12)8-9/h3-4,8H,2,5-7,13H2,1H3. The van der Waals surface area contributed by atoms with Gasteiger partial charge in [-0.2, -0.15) is 0 Å². The van der Waals surface area contributed by atoms with Crippen LogP contribution in [0.3, 0.4) is 0 Å². The molecule has 0 atom stereocenters. The van der Waals surface area contributed by atoms with Crippen LogP contribution in [0.4, 0.5) is 5.69 Å². The van der Waals surface area contributed by atoms with Gasteiger partial charge in [0.2, 0.25) is 0 Å². The molecule has 8 heteroatoms. The number of nitrogen functional groups attached to an aromatic ring is 1. The number of nitrogens with two attached hydrogens (primary N) is 1. The zero-order valence-electron chi connectivity index (χ0n) is 10.5. The summed E-state index contributed by atoms with van der Waals surface area (Å²) in [5, 5.41) is 0.137. The predicted octanol–water partition coefficient (Wildman–Crippen LogP) is 1.52. The Morgan fingerprint density at radius 3 is 2.26 bits per heavy atom. The number of benzene rings is 1. The van der Waals surface area contributed by atoms with Gasteiger partial charge in [0.1, 0.15) is 0 Å². The number of hydrogen-bond acceptors (Lipinski definition) is 5. The van der Waals surface area contributed by atoms with Crippen LogP contribution in [0.15, 0.2) is 23.1 Å². The Bertz CT molecular complexity index is 653. The first-order valence-electron chi connectivity index (χ1n) is 5.66. The van der Waals surface area contributed by atoms with E-state index in [9.17, 15) is 16.8 Å². The third-order valence-electron chi connectivity index (χ3n) is 2.51. The van der Waals surface area contributed by atoms with Crippen molar-refractivity contribution in [1.82, 2.24) is 0 Å². The zero-order chi connectivity index (χ0) is 14.7. The van der Waals surface area contributed by atoms with Crippen LogP contribution in [0.2, 0.25) is 5.02 Å². The first kappa shape index (κ1) is 16.3. The van der Waals surface area contributed by atoms with Crippen molar-refractivity contribution in [1.29, 1.82) is 0 Å². The van der Waals surface area contributed by atoms with Crippen LogP contribution in [0.25, 0.3) is 0 Å². The Hall–Kier alpha value is -0.790. The molecule has 0 aliphatic carbocycles. The van der Waals surface area contributed by atoms with Gasteiger partial charge < -0.3 is 5.73 Å². The van der Waals surface area contributed by atoms with E-state index in [0.717, 1.165) is 0 Å². The molecule has 0 aliphatic rings. The maximum Gasteiger partial charge on any atom is 0.179 e. The van der Waals surface area contributed by atoms with Crippen molar-refractivity contribution in [2.75, 3.05) is 23.0 Å². The van der Waals surface area contributed by atoms with Crippen LogP contribution < -0.4 is 5.73 Å². The molecule has 1 aromatic rings. The van der Waals surface area contributed by atoms with Gasteiger partial charge in [-0.1, -0.05) is 18.5 Å². The van der Waals surface area contributed by atoms with Crippen LogP contribution >= 0.6 is 11.6 Å². The van der Waals surface area contributed by atoms with Gasteiger partial charge in [0.25, 0.3) is 0 Å². The minimum atomic E-state index is -3.67. The van der Waals surface area contributed by atoms with Crippen LogP contribution in [-0.2, 0) is 19.7 Å². The second-order valence-corrected chi connectivity index (χ2v) is 8.97. The summed E-state index contributed by atoms with van der Waals surface area (Å²) in [5.74, 6) is -0.842. The van der Waals surface area contributed by atoms with Gasteiger partial charge in [-0.15, -0.1) is 0 Å². The highest BCUT2D eigenvalue weighted by atomic mass is 35.5. The minimum Gasteiger partial charge on any atom is -0.398 e. The summed E-state index contributed by atoms with van der Waals surface area (Å²) in [4.78, 5) is -0.0154. The highest BCUT2D eigenvalue weighted by molar-refractivity contribution is 7.95. The molecule has 0 bridgehead atoms. The summed E-state index contributed by atoms with van der Waals surface area (Å²) in [5.41, 5.74) is 5.77. The van der Waals surface area contributed by atoms with Crippen LogP contribution in [-0.4, -0.2) is 34.1 Å². The van der Waals surface area contributed by atoms with Crippen LogP contribution in [0, 0.1) is 0 Å². The molecule has 19 heavy (non-hydrogen) atoms. The Kier molecular flexibility index (Phi) is 5.23. The smallest absolute Gasteiger partial charge is 0.179 e. The van der Waals surface area contributed by atoms with Crippen LogP contribution in [0.1, 0.15) is 13.3 Å². The van der Waals surface area contributed by atoms with E-state index in [-0.39, 0.29) is 27.1 Å². The third-order valence-corrected chi connectivity index (χ3v) is 6.67. The summed E-state index contributed by atoms with van der Waals surface area (Å²) in [7, 11) is -7.00. The molecule has 0 aliphatic heterocycles. The fourth-order valence-corrected chi connectivity index (χ4v) is 5.24. The lowest BCUT2D eigenvalue weighted by atomic mass is 10.3. The van der Waals surface area contributed by atoms with E-state index in [4.69, 9.17) is 17.3 Å².